The Morgan fingerprint density at radius 2 is 1.50 bits per heavy atom. The first-order chi connectivity index (χ1) is 24.0. The van der Waals surface area contributed by atoms with Crippen molar-refractivity contribution in [3.8, 4) is 33.9 Å². The van der Waals surface area contributed by atoms with Crippen LogP contribution < -0.4 is 5.32 Å². The van der Waals surface area contributed by atoms with E-state index in [1.165, 1.54) is 13.2 Å². The number of aromatic amines is 2. The molecule has 0 radical (unpaired) electrons. The Kier molecular flexibility index (Phi) is 10.3. The highest BCUT2D eigenvalue weighted by molar-refractivity contribution is 5.86. The van der Waals surface area contributed by atoms with Gasteiger partial charge in [-0.05, 0) is 49.7 Å². The minimum atomic E-state index is -0.719. The molecule has 2 saturated heterocycles. The van der Waals surface area contributed by atoms with Crippen molar-refractivity contribution in [3.05, 3.63) is 60.5 Å². The highest BCUT2D eigenvalue weighted by Gasteiger charge is 2.37. The molecule has 0 unspecified atom stereocenters. The number of imidazole rings is 2. The number of nitrogens with one attached hydrogen (secondary N) is 3. The summed E-state index contributed by atoms with van der Waals surface area (Å²) in [6, 6.07) is 3.72. The Morgan fingerprint density at radius 1 is 0.880 bits per heavy atom. The van der Waals surface area contributed by atoms with Gasteiger partial charge >= 0.3 is 6.09 Å². The van der Waals surface area contributed by atoms with E-state index in [1.54, 1.807) is 41.8 Å². The number of H-pyrrole nitrogens is 2. The molecule has 50 heavy (non-hydrogen) atoms. The van der Waals surface area contributed by atoms with Gasteiger partial charge in [-0.1, -0.05) is 33.8 Å². The maximum absolute atomic E-state index is 15.5. The van der Waals surface area contributed by atoms with Gasteiger partial charge in [0.25, 0.3) is 0 Å². The fraction of sp³-hybridized carbons (Fsp3) is 0.472. The summed E-state index contributed by atoms with van der Waals surface area (Å²) in [5.41, 5.74) is 2.80. The topological polar surface area (TPSA) is 162 Å². The fourth-order valence-electron chi connectivity index (χ4n) is 6.79. The van der Waals surface area contributed by atoms with Crippen LogP contribution in [0.2, 0.25) is 0 Å². The van der Waals surface area contributed by atoms with Crippen LogP contribution >= 0.6 is 0 Å². The molecule has 0 saturated carbocycles. The van der Waals surface area contributed by atoms with E-state index in [-0.39, 0.29) is 35.7 Å². The van der Waals surface area contributed by atoms with Crippen LogP contribution in [0.15, 0.2) is 43.0 Å². The molecule has 2 aliphatic rings. The number of aromatic nitrogens is 6. The zero-order valence-electron chi connectivity index (χ0n) is 29.1. The van der Waals surface area contributed by atoms with Crippen LogP contribution in [-0.4, -0.2) is 83.9 Å². The number of carbonyl (C=O) groups is 3. The van der Waals surface area contributed by atoms with E-state index in [4.69, 9.17) is 4.74 Å². The molecule has 3 amide bonds. The molecule has 2 aliphatic heterocycles. The molecule has 4 aromatic rings. The lowest BCUT2D eigenvalue weighted by molar-refractivity contribution is -0.135. The number of rotatable bonds is 10. The van der Waals surface area contributed by atoms with Crippen LogP contribution in [0.1, 0.15) is 83.5 Å². The monoisotopic (exact) mass is 685 g/mol. The van der Waals surface area contributed by atoms with Crippen molar-refractivity contribution < 1.29 is 23.5 Å². The van der Waals surface area contributed by atoms with Crippen LogP contribution in [0.3, 0.4) is 0 Å². The van der Waals surface area contributed by atoms with Gasteiger partial charge in [-0.2, -0.15) is 0 Å². The molecule has 1 aromatic carbocycles. The molecule has 3 N–H and O–H groups in total. The van der Waals surface area contributed by atoms with Crippen LogP contribution in [0, 0.1) is 17.7 Å². The smallest absolute Gasteiger partial charge is 0.407 e. The van der Waals surface area contributed by atoms with Gasteiger partial charge in [-0.25, -0.2) is 29.1 Å². The van der Waals surface area contributed by atoms with Crippen molar-refractivity contribution in [2.24, 2.45) is 11.8 Å². The quantitative estimate of drug-likeness (QED) is 0.188. The number of hydrogen-bond acceptors (Lipinski definition) is 8. The highest BCUT2D eigenvalue weighted by atomic mass is 19.1. The Hall–Kier alpha value is -5.14. The maximum Gasteiger partial charge on any atom is 0.407 e. The van der Waals surface area contributed by atoms with Crippen LogP contribution in [0.25, 0.3) is 33.9 Å². The predicted molar refractivity (Wildman–Crippen MR) is 184 cm³/mol. The van der Waals surface area contributed by atoms with Crippen molar-refractivity contribution in [3.63, 3.8) is 0 Å². The number of alkyl carbamates (subject to hydrolysis) is 1. The number of methoxy groups -OCH3 is 1. The van der Waals surface area contributed by atoms with Crippen molar-refractivity contribution in [2.75, 3.05) is 20.2 Å². The first-order valence-electron chi connectivity index (χ1n) is 17.2. The van der Waals surface area contributed by atoms with Crippen molar-refractivity contribution >= 4 is 17.9 Å². The minimum Gasteiger partial charge on any atom is -0.453 e. The molecule has 14 heteroatoms. The maximum atomic E-state index is 15.5. The van der Waals surface area contributed by atoms with E-state index in [9.17, 15) is 14.4 Å². The molecule has 13 nitrogen and oxygen atoms in total. The van der Waals surface area contributed by atoms with Crippen molar-refractivity contribution in [2.45, 2.75) is 77.9 Å². The molecule has 3 atom stereocenters. The number of carbonyl (C=O) groups excluding carboxylic acids is 3. The highest BCUT2D eigenvalue weighted by Crippen LogP contribution is 2.35. The number of amides is 3. The lowest BCUT2D eigenvalue weighted by Gasteiger charge is -2.30. The molecule has 6 rings (SSSR count). The third-order valence-corrected chi connectivity index (χ3v) is 9.39. The zero-order valence-corrected chi connectivity index (χ0v) is 29.1. The molecule has 0 aliphatic carbocycles. The van der Waals surface area contributed by atoms with E-state index in [0.29, 0.717) is 65.1 Å². The summed E-state index contributed by atoms with van der Waals surface area (Å²) in [4.78, 5) is 66.5. The second-order valence-corrected chi connectivity index (χ2v) is 13.7. The number of nitrogens with zero attached hydrogens (tertiary/aromatic N) is 6. The fourth-order valence-corrected chi connectivity index (χ4v) is 6.79. The summed E-state index contributed by atoms with van der Waals surface area (Å²) in [6.07, 6.45) is 9.70. The Morgan fingerprint density at radius 3 is 2.12 bits per heavy atom. The Labute approximate surface area is 290 Å². The van der Waals surface area contributed by atoms with Crippen LogP contribution in [0.5, 0.6) is 0 Å². The average molecular weight is 686 g/mol. The summed E-state index contributed by atoms with van der Waals surface area (Å²) in [5, 5.41) is 2.66. The Balaban J connectivity index is 1.13. The third-order valence-electron chi connectivity index (χ3n) is 9.39. The molecule has 2 fully saturated rings. The standard InChI is InChI=1S/C36H44FN9O4/c1-20(2)14-30(47)45-12-6-8-28(45)33-41-19-27(43-33)24-11-10-22(15-25(24)37)32-38-16-23(17-39-32)26-18-40-34(42-26)29-9-7-13-46(29)35(48)31(21(3)4)44-36(49)50-5/h10-11,15-21,28-29,31H,6-9,12-14H2,1-5H3,(H,40,42)(H,41,43)(H,44,49)/t28-,29-,31-/m0/s1. The third kappa shape index (κ3) is 7.24. The van der Waals surface area contributed by atoms with E-state index in [2.05, 4.69) is 35.2 Å². The number of benzene rings is 1. The molecule has 5 heterocycles. The number of hydrogen-bond donors (Lipinski definition) is 3. The Bertz CT molecular complexity index is 1840. The van der Waals surface area contributed by atoms with Gasteiger partial charge in [0.2, 0.25) is 11.8 Å². The van der Waals surface area contributed by atoms with Gasteiger partial charge in [0.15, 0.2) is 5.82 Å². The minimum absolute atomic E-state index is 0.119. The summed E-state index contributed by atoms with van der Waals surface area (Å²) in [7, 11) is 1.27. The lowest BCUT2D eigenvalue weighted by Crippen LogP contribution is -2.51. The van der Waals surface area contributed by atoms with Gasteiger partial charge in [0.05, 0.1) is 43.0 Å². The molecule has 0 spiro atoms. The normalized spacial score (nSPS) is 18.2. The average Bonchev–Trinajstić information content (AvgIpc) is 3.93. The first-order valence-corrected chi connectivity index (χ1v) is 17.2. The number of ether oxygens (including phenoxy) is 1. The van der Waals surface area contributed by atoms with Gasteiger partial charge in [-0.3, -0.25) is 9.59 Å². The number of likely N-dealkylation sites (tertiary alicyclic amines) is 2. The molecular formula is C36H44FN9O4. The summed E-state index contributed by atoms with van der Waals surface area (Å²) >= 11 is 0. The zero-order chi connectivity index (χ0) is 35.5. The van der Waals surface area contributed by atoms with Crippen molar-refractivity contribution in [1.82, 2.24) is 45.0 Å². The van der Waals surface area contributed by atoms with Crippen LogP contribution in [0.4, 0.5) is 9.18 Å². The van der Waals surface area contributed by atoms with Gasteiger partial charge in [0.1, 0.15) is 23.5 Å². The van der Waals surface area contributed by atoms with Gasteiger partial charge < -0.3 is 29.8 Å². The first kappa shape index (κ1) is 34.7. The second-order valence-electron chi connectivity index (χ2n) is 13.7. The van der Waals surface area contributed by atoms with E-state index in [1.807, 2.05) is 32.6 Å². The summed E-state index contributed by atoms with van der Waals surface area (Å²) in [5.74, 6) is 1.30. The van der Waals surface area contributed by atoms with Gasteiger partial charge in [-0.15, -0.1) is 0 Å². The molecule has 3 aromatic heterocycles. The van der Waals surface area contributed by atoms with Crippen molar-refractivity contribution in [1.29, 1.82) is 0 Å². The summed E-state index contributed by atoms with van der Waals surface area (Å²) in [6.45, 7) is 9.07. The second kappa shape index (κ2) is 14.8. The largest absolute Gasteiger partial charge is 0.453 e. The van der Waals surface area contributed by atoms with Crippen LogP contribution in [-0.2, 0) is 14.3 Å². The summed E-state index contributed by atoms with van der Waals surface area (Å²) < 4.78 is 20.2. The van der Waals surface area contributed by atoms with E-state index < -0.39 is 18.0 Å². The number of halogens is 1. The lowest BCUT2D eigenvalue weighted by atomic mass is 10.0. The predicted octanol–water partition coefficient (Wildman–Crippen LogP) is 5.82. The van der Waals surface area contributed by atoms with Gasteiger partial charge in [0, 0.05) is 48.6 Å². The van der Waals surface area contributed by atoms with E-state index >= 15 is 4.39 Å². The van der Waals surface area contributed by atoms with E-state index in [0.717, 1.165) is 25.7 Å². The molecule has 264 valence electrons. The SMILES string of the molecule is COC(=O)N[C@H](C(=O)N1CCC[C@H]1c1ncc(-c2cnc(-c3ccc(-c4cnc([C@@H]5CCCN5C(=O)CC(C)C)[nH]4)c(F)c3)nc2)[nH]1)C(C)C. The molecular weight excluding hydrogens is 641 g/mol. The molecule has 0 bridgehead atoms.